The van der Waals surface area contributed by atoms with Crippen molar-refractivity contribution in [3.05, 3.63) is 35.9 Å². The molecule has 3 unspecified atom stereocenters. The monoisotopic (exact) mass is 306 g/mol. The van der Waals surface area contributed by atoms with Gasteiger partial charge in [-0.25, -0.2) is 0 Å². The number of nitrogens with one attached hydrogen (secondary N) is 1. The Kier molecular flexibility index (Phi) is 5.70. The Morgan fingerprint density at radius 3 is 2.81 bits per heavy atom. The largest absolute Gasteiger partial charge is 0.393 e. The van der Waals surface area contributed by atoms with Crippen molar-refractivity contribution in [1.29, 1.82) is 0 Å². The predicted molar refractivity (Wildman–Crippen MR) is 87.0 cm³/mol. The Morgan fingerprint density at radius 1 is 1.48 bits per heavy atom. The fourth-order valence-corrected chi connectivity index (χ4v) is 2.79. The van der Waals surface area contributed by atoms with E-state index in [9.17, 15) is 4.79 Å². The normalized spacial score (nSPS) is 23.3. The Bertz CT molecular complexity index is 492. The number of ether oxygens (including phenoxy) is 1. The van der Waals surface area contributed by atoms with Crippen LogP contribution >= 0.6 is 12.2 Å². The number of hydrogen-bond donors (Lipinski definition) is 2. The van der Waals surface area contributed by atoms with Crippen molar-refractivity contribution in [1.82, 2.24) is 5.32 Å². The highest BCUT2D eigenvalue weighted by atomic mass is 32.1. The topological polar surface area (TPSA) is 64.4 Å². The van der Waals surface area contributed by atoms with Crippen LogP contribution in [0.1, 0.15) is 25.3 Å². The minimum atomic E-state index is -0.458. The molecule has 2 rings (SSSR count). The molecular weight excluding hydrogens is 284 g/mol. The molecule has 0 saturated carbocycles. The van der Waals surface area contributed by atoms with Crippen LogP contribution in [0, 0.1) is 5.92 Å². The Morgan fingerprint density at radius 2 is 2.19 bits per heavy atom. The maximum absolute atomic E-state index is 12.4. The molecule has 0 aliphatic carbocycles. The van der Waals surface area contributed by atoms with E-state index in [0.717, 1.165) is 18.4 Å². The van der Waals surface area contributed by atoms with E-state index >= 15 is 0 Å². The molecule has 3 atom stereocenters. The van der Waals surface area contributed by atoms with Crippen LogP contribution < -0.4 is 11.1 Å². The van der Waals surface area contributed by atoms with E-state index in [-0.39, 0.29) is 23.0 Å². The number of thiocarbonyl (C=S) groups is 1. The third kappa shape index (κ3) is 4.79. The van der Waals surface area contributed by atoms with E-state index in [0.29, 0.717) is 13.0 Å². The second-order valence-corrected chi connectivity index (χ2v) is 6.03. The Balaban J connectivity index is 1.97. The Labute approximate surface area is 131 Å². The molecular formula is C16H22N2O2S. The molecule has 5 heteroatoms. The minimum Gasteiger partial charge on any atom is -0.393 e. The number of nitrogens with two attached hydrogens (primary N) is 1. The average Bonchev–Trinajstić information content (AvgIpc) is 2.45. The third-order valence-electron chi connectivity index (χ3n) is 3.77. The van der Waals surface area contributed by atoms with E-state index < -0.39 is 5.92 Å². The van der Waals surface area contributed by atoms with E-state index in [1.807, 2.05) is 37.3 Å². The van der Waals surface area contributed by atoms with Crippen LogP contribution in [-0.4, -0.2) is 29.6 Å². The maximum atomic E-state index is 12.4. The number of rotatable bonds is 5. The standard InChI is InChI=1S/C16H22N2O2S/c1-11-9-13(7-8-20-11)18-16(19)14(15(17)21)10-12-5-3-2-4-6-12/h2-6,11,13-14H,7-10H2,1H3,(H2,17,21)(H,18,19). The first-order chi connectivity index (χ1) is 10.1. The van der Waals surface area contributed by atoms with Gasteiger partial charge in [0, 0.05) is 12.6 Å². The van der Waals surface area contributed by atoms with Crippen LogP contribution in [-0.2, 0) is 16.0 Å². The van der Waals surface area contributed by atoms with E-state index in [2.05, 4.69) is 5.32 Å². The molecule has 1 aliphatic rings. The van der Waals surface area contributed by atoms with Gasteiger partial charge in [-0.3, -0.25) is 4.79 Å². The number of carbonyl (C=O) groups is 1. The highest BCUT2D eigenvalue weighted by Crippen LogP contribution is 2.15. The van der Waals surface area contributed by atoms with Crippen molar-refractivity contribution in [3.63, 3.8) is 0 Å². The molecule has 21 heavy (non-hydrogen) atoms. The first kappa shape index (κ1) is 15.9. The maximum Gasteiger partial charge on any atom is 0.230 e. The molecule has 114 valence electrons. The van der Waals surface area contributed by atoms with Crippen molar-refractivity contribution >= 4 is 23.1 Å². The summed E-state index contributed by atoms with van der Waals surface area (Å²) in [6, 6.07) is 9.95. The number of amides is 1. The fraction of sp³-hybridized carbons (Fsp3) is 0.500. The first-order valence-corrected chi connectivity index (χ1v) is 7.72. The summed E-state index contributed by atoms with van der Waals surface area (Å²) in [6.45, 7) is 2.70. The molecule has 0 aromatic heterocycles. The molecule has 3 N–H and O–H groups in total. The first-order valence-electron chi connectivity index (χ1n) is 7.31. The van der Waals surface area contributed by atoms with Gasteiger partial charge in [-0.05, 0) is 31.7 Å². The highest BCUT2D eigenvalue weighted by Gasteiger charge is 2.26. The van der Waals surface area contributed by atoms with Crippen molar-refractivity contribution in [3.8, 4) is 0 Å². The van der Waals surface area contributed by atoms with Crippen molar-refractivity contribution in [2.24, 2.45) is 11.7 Å². The van der Waals surface area contributed by atoms with Gasteiger partial charge in [0.1, 0.15) is 0 Å². The lowest BCUT2D eigenvalue weighted by atomic mass is 9.97. The van der Waals surface area contributed by atoms with Crippen LogP contribution in [0.4, 0.5) is 0 Å². The lowest BCUT2D eigenvalue weighted by Crippen LogP contribution is -2.46. The summed E-state index contributed by atoms with van der Waals surface area (Å²) in [4.78, 5) is 12.7. The molecule has 1 aromatic rings. The van der Waals surface area contributed by atoms with Gasteiger partial charge in [-0.2, -0.15) is 0 Å². The van der Waals surface area contributed by atoms with E-state index in [1.165, 1.54) is 0 Å². The van der Waals surface area contributed by atoms with Crippen LogP contribution in [0.15, 0.2) is 30.3 Å². The zero-order chi connectivity index (χ0) is 15.2. The summed E-state index contributed by atoms with van der Waals surface area (Å²) in [5, 5.41) is 3.06. The van der Waals surface area contributed by atoms with E-state index in [1.54, 1.807) is 0 Å². The van der Waals surface area contributed by atoms with E-state index in [4.69, 9.17) is 22.7 Å². The SMILES string of the molecule is CC1CC(NC(=O)C(Cc2ccccc2)C(N)=S)CCO1. The minimum absolute atomic E-state index is 0.0783. The van der Waals surface area contributed by atoms with Crippen LogP contribution in [0.25, 0.3) is 0 Å². The highest BCUT2D eigenvalue weighted by molar-refractivity contribution is 7.80. The van der Waals surface area contributed by atoms with Gasteiger partial charge in [0.2, 0.25) is 5.91 Å². The number of benzene rings is 1. The van der Waals surface area contributed by atoms with Gasteiger partial charge in [-0.15, -0.1) is 0 Å². The second kappa shape index (κ2) is 7.52. The van der Waals surface area contributed by atoms with Gasteiger partial charge in [0.05, 0.1) is 17.0 Å². The number of carbonyl (C=O) groups excluding carboxylic acids is 1. The van der Waals surface area contributed by atoms with Crippen molar-refractivity contribution < 1.29 is 9.53 Å². The third-order valence-corrected chi connectivity index (χ3v) is 4.06. The predicted octanol–water partition coefficient (Wildman–Crippen LogP) is 1.82. The summed E-state index contributed by atoms with van der Waals surface area (Å²) < 4.78 is 5.49. The molecule has 1 amide bonds. The summed E-state index contributed by atoms with van der Waals surface area (Å²) in [7, 11) is 0. The lowest BCUT2D eigenvalue weighted by molar-refractivity contribution is -0.124. The summed E-state index contributed by atoms with van der Waals surface area (Å²) >= 11 is 5.08. The van der Waals surface area contributed by atoms with Crippen LogP contribution in [0.2, 0.25) is 0 Å². The molecule has 1 fully saturated rings. The zero-order valence-electron chi connectivity index (χ0n) is 12.2. The Hall–Kier alpha value is -1.46. The van der Waals surface area contributed by atoms with Gasteiger partial charge in [0.15, 0.2) is 0 Å². The zero-order valence-corrected chi connectivity index (χ0v) is 13.1. The molecule has 1 saturated heterocycles. The molecule has 4 nitrogen and oxygen atoms in total. The molecule has 1 heterocycles. The van der Waals surface area contributed by atoms with Gasteiger partial charge >= 0.3 is 0 Å². The number of hydrogen-bond acceptors (Lipinski definition) is 3. The van der Waals surface area contributed by atoms with Crippen LogP contribution in [0.5, 0.6) is 0 Å². The van der Waals surface area contributed by atoms with Gasteiger partial charge in [0.25, 0.3) is 0 Å². The quantitative estimate of drug-likeness (QED) is 0.815. The summed E-state index contributed by atoms with van der Waals surface area (Å²) in [5.74, 6) is -0.536. The van der Waals surface area contributed by atoms with Gasteiger partial charge in [-0.1, -0.05) is 42.5 Å². The van der Waals surface area contributed by atoms with Gasteiger partial charge < -0.3 is 15.8 Å². The molecule has 1 aromatic carbocycles. The van der Waals surface area contributed by atoms with Crippen molar-refractivity contribution in [2.45, 2.75) is 38.3 Å². The van der Waals surface area contributed by atoms with Crippen LogP contribution in [0.3, 0.4) is 0 Å². The summed E-state index contributed by atoms with van der Waals surface area (Å²) in [5.41, 5.74) is 6.82. The smallest absolute Gasteiger partial charge is 0.230 e. The fourth-order valence-electron chi connectivity index (χ4n) is 2.60. The van der Waals surface area contributed by atoms with Crippen molar-refractivity contribution in [2.75, 3.05) is 6.61 Å². The molecule has 0 spiro atoms. The lowest BCUT2D eigenvalue weighted by Gasteiger charge is -2.29. The summed E-state index contributed by atoms with van der Waals surface area (Å²) in [6.07, 6.45) is 2.40. The average molecular weight is 306 g/mol. The molecule has 1 aliphatic heterocycles. The second-order valence-electron chi connectivity index (χ2n) is 5.56. The molecule has 0 radical (unpaired) electrons. The molecule has 0 bridgehead atoms.